The van der Waals surface area contributed by atoms with Gasteiger partial charge in [-0.25, -0.2) is 9.78 Å². The van der Waals surface area contributed by atoms with Crippen LogP contribution in [-0.2, 0) is 7.05 Å². The van der Waals surface area contributed by atoms with Gasteiger partial charge in [0.1, 0.15) is 10.3 Å². The van der Waals surface area contributed by atoms with Gasteiger partial charge in [-0.05, 0) is 28.1 Å². The average molecular weight is 282 g/mol. The van der Waals surface area contributed by atoms with E-state index in [0.717, 1.165) is 0 Å². The summed E-state index contributed by atoms with van der Waals surface area (Å²) >= 11 is 3.13. The van der Waals surface area contributed by atoms with Crippen LogP contribution in [0.1, 0.15) is 10.5 Å². The van der Waals surface area contributed by atoms with Crippen LogP contribution < -0.4 is 0 Å². The largest absolute Gasteiger partial charge is 0.476 e. The summed E-state index contributed by atoms with van der Waals surface area (Å²) in [6.07, 6.45) is 1.64. The number of hydrogen-bond donors (Lipinski definition) is 1. The van der Waals surface area contributed by atoms with Crippen molar-refractivity contribution in [1.82, 2.24) is 14.5 Å². The summed E-state index contributed by atoms with van der Waals surface area (Å²) in [6.45, 7) is 0. The van der Waals surface area contributed by atoms with Crippen LogP contribution in [0, 0.1) is 0 Å². The van der Waals surface area contributed by atoms with Gasteiger partial charge in [-0.15, -0.1) is 0 Å². The van der Waals surface area contributed by atoms with Crippen molar-refractivity contribution in [2.45, 2.75) is 0 Å². The van der Waals surface area contributed by atoms with Crippen molar-refractivity contribution in [3.05, 3.63) is 34.7 Å². The number of aromatic carboxylic acids is 1. The number of carbonyl (C=O) groups is 1. The normalized spacial score (nSPS) is 10.4. The van der Waals surface area contributed by atoms with E-state index in [1.165, 1.54) is 4.57 Å². The fraction of sp³-hybridized carbons (Fsp3) is 0.100. The highest BCUT2D eigenvalue weighted by atomic mass is 79.9. The summed E-state index contributed by atoms with van der Waals surface area (Å²) in [6, 6.07) is 5.39. The molecule has 2 aromatic heterocycles. The lowest BCUT2D eigenvalue weighted by atomic mass is 10.3. The maximum Gasteiger partial charge on any atom is 0.355 e. The highest BCUT2D eigenvalue weighted by Gasteiger charge is 2.19. The molecule has 0 saturated heterocycles. The minimum atomic E-state index is -1.02. The molecule has 0 aliphatic carbocycles. The second-order valence-corrected chi connectivity index (χ2v) is 3.91. The summed E-state index contributed by atoms with van der Waals surface area (Å²) < 4.78 is 1.80. The Morgan fingerprint density at radius 2 is 2.25 bits per heavy atom. The van der Waals surface area contributed by atoms with E-state index in [9.17, 15) is 4.79 Å². The van der Waals surface area contributed by atoms with Gasteiger partial charge in [-0.1, -0.05) is 6.07 Å². The molecule has 0 spiro atoms. The van der Waals surface area contributed by atoms with Crippen LogP contribution in [0.2, 0.25) is 0 Å². The minimum Gasteiger partial charge on any atom is -0.476 e. The van der Waals surface area contributed by atoms with Gasteiger partial charge in [0.15, 0.2) is 11.5 Å². The molecule has 0 amide bonds. The van der Waals surface area contributed by atoms with Crippen LogP contribution in [0.5, 0.6) is 0 Å². The minimum absolute atomic E-state index is 0.112. The van der Waals surface area contributed by atoms with E-state index in [1.807, 2.05) is 6.07 Å². The lowest BCUT2D eigenvalue weighted by Gasteiger charge is -2.01. The maximum absolute atomic E-state index is 11.0. The van der Waals surface area contributed by atoms with Crippen LogP contribution in [0.4, 0.5) is 0 Å². The number of carboxylic acid groups (broad SMARTS) is 1. The Morgan fingerprint density at radius 3 is 2.75 bits per heavy atom. The fourth-order valence-electron chi connectivity index (χ4n) is 1.42. The highest BCUT2D eigenvalue weighted by molar-refractivity contribution is 9.10. The van der Waals surface area contributed by atoms with Crippen LogP contribution >= 0.6 is 15.9 Å². The molecule has 0 aliphatic heterocycles. The predicted octanol–water partition coefficient (Wildman–Crippen LogP) is 1.94. The number of carboxylic acids is 1. The first kappa shape index (κ1) is 10.8. The number of pyridine rings is 1. The zero-order valence-corrected chi connectivity index (χ0v) is 9.97. The number of aromatic nitrogens is 3. The Hall–Kier alpha value is -1.69. The van der Waals surface area contributed by atoms with Crippen molar-refractivity contribution < 1.29 is 9.90 Å². The number of nitrogens with zero attached hydrogens (tertiary/aromatic N) is 3. The molecule has 5 nitrogen and oxygen atoms in total. The third kappa shape index (κ3) is 1.71. The molecular weight excluding hydrogens is 274 g/mol. The topological polar surface area (TPSA) is 68.0 Å². The van der Waals surface area contributed by atoms with Gasteiger partial charge in [0.05, 0.1) is 0 Å². The molecule has 0 unspecified atom stereocenters. The van der Waals surface area contributed by atoms with E-state index in [4.69, 9.17) is 5.11 Å². The molecule has 0 aliphatic rings. The summed E-state index contributed by atoms with van der Waals surface area (Å²) in [4.78, 5) is 19.2. The molecule has 2 heterocycles. The van der Waals surface area contributed by atoms with Crippen molar-refractivity contribution in [2.75, 3.05) is 0 Å². The van der Waals surface area contributed by atoms with E-state index in [0.29, 0.717) is 16.1 Å². The molecule has 2 aromatic rings. The van der Waals surface area contributed by atoms with Gasteiger partial charge in [0, 0.05) is 13.2 Å². The summed E-state index contributed by atoms with van der Waals surface area (Å²) in [5, 5.41) is 9.00. The van der Waals surface area contributed by atoms with Crippen LogP contribution in [-0.4, -0.2) is 25.6 Å². The van der Waals surface area contributed by atoms with Crippen LogP contribution in [0.15, 0.2) is 29.0 Å². The van der Waals surface area contributed by atoms with E-state index in [-0.39, 0.29) is 5.69 Å². The molecular formula is C10H8BrN3O2. The van der Waals surface area contributed by atoms with E-state index >= 15 is 0 Å². The lowest BCUT2D eigenvalue weighted by molar-refractivity contribution is 0.0685. The van der Waals surface area contributed by atoms with Crippen LogP contribution in [0.25, 0.3) is 11.5 Å². The summed E-state index contributed by atoms with van der Waals surface area (Å²) in [7, 11) is 1.64. The molecule has 82 valence electrons. The highest BCUT2D eigenvalue weighted by Crippen LogP contribution is 2.23. The zero-order valence-electron chi connectivity index (χ0n) is 8.38. The average Bonchev–Trinajstić information content (AvgIpc) is 2.55. The Labute approximate surface area is 99.9 Å². The van der Waals surface area contributed by atoms with Gasteiger partial charge in [0.25, 0.3) is 0 Å². The van der Waals surface area contributed by atoms with Crippen molar-refractivity contribution in [2.24, 2.45) is 7.05 Å². The number of rotatable bonds is 2. The summed E-state index contributed by atoms with van der Waals surface area (Å²) in [5.41, 5.74) is 0.749. The van der Waals surface area contributed by atoms with Gasteiger partial charge in [0.2, 0.25) is 0 Å². The Kier molecular flexibility index (Phi) is 2.74. The van der Waals surface area contributed by atoms with Crippen LogP contribution in [0.3, 0.4) is 0 Å². The molecule has 0 atom stereocenters. The van der Waals surface area contributed by atoms with Crippen molar-refractivity contribution >= 4 is 21.9 Å². The Morgan fingerprint density at radius 1 is 1.50 bits per heavy atom. The lowest BCUT2D eigenvalue weighted by Crippen LogP contribution is -2.06. The SMILES string of the molecule is Cn1c(-c2ccccn2)nc(Br)c1C(=O)O. The standard InChI is InChI=1S/C10H8BrN3O2/c1-14-7(10(15)16)8(11)13-9(14)6-4-2-3-5-12-6/h2-5H,1H3,(H,15,16). The Balaban J connectivity index is 2.61. The Bertz CT molecular complexity index is 536. The number of halogens is 1. The molecule has 0 fully saturated rings. The monoisotopic (exact) mass is 281 g/mol. The second-order valence-electron chi connectivity index (χ2n) is 3.15. The van der Waals surface area contributed by atoms with Gasteiger partial charge >= 0.3 is 5.97 Å². The van der Waals surface area contributed by atoms with Crippen molar-refractivity contribution in [3.8, 4) is 11.5 Å². The van der Waals surface area contributed by atoms with Crippen molar-refractivity contribution in [3.63, 3.8) is 0 Å². The molecule has 16 heavy (non-hydrogen) atoms. The third-order valence-corrected chi connectivity index (χ3v) is 2.70. The van der Waals surface area contributed by atoms with Gasteiger partial charge < -0.3 is 9.67 Å². The summed E-state index contributed by atoms with van der Waals surface area (Å²) in [5.74, 6) is -0.506. The number of imidazole rings is 1. The molecule has 6 heteroatoms. The molecule has 0 saturated carbocycles. The third-order valence-electron chi connectivity index (χ3n) is 2.15. The molecule has 0 bridgehead atoms. The first-order chi connectivity index (χ1) is 7.61. The molecule has 0 aromatic carbocycles. The molecule has 0 radical (unpaired) electrons. The fourth-order valence-corrected chi connectivity index (χ4v) is 2.02. The molecule has 1 N–H and O–H groups in total. The predicted molar refractivity (Wildman–Crippen MR) is 61.1 cm³/mol. The second kappa shape index (κ2) is 4.05. The quantitative estimate of drug-likeness (QED) is 0.914. The van der Waals surface area contributed by atoms with Gasteiger partial charge in [-0.3, -0.25) is 4.98 Å². The smallest absolute Gasteiger partial charge is 0.355 e. The molecule has 2 rings (SSSR count). The number of hydrogen-bond acceptors (Lipinski definition) is 3. The zero-order chi connectivity index (χ0) is 11.7. The first-order valence-corrected chi connectivity index (χ1v) is 5.27. The first-order valence-electron chi connectivity index (χ1n) is 4.48. The van der Waals surface area contributed by atoms with E-state index < -0.39 is 5.97 Å². The van der Waals surface area contributed by atoms with E-state index in [1.54, 1.807) is 25.4 Å². The van der Waals surface area contributed by atoms with E-state index in [2.05, 4.69) is 25.9 Å². The maximum atomic E-state index is 11.0. The van der Waals surface area contributed by atoms with Gasteiger partial charge in [-0.2, -0.15) is 0 Å². The van der Waals surface area contributed by atoms with Crippen molar-refractivity contribution in [1.29, 1.82) is 0 Å².